The minimum Gasteiger partial charge on any atom is -0.484 e. The van der Waals surface area contributed by atoms with Crippen LogP contribution in [0, 0.1) is 24.0 Å². The van der Waals surface area contributed by atoms with Crippen LogP contribution in [0.15, 0.2) is 42.5 Å². The number of non-ortho nitro benzene ring substituents is 1. The van der Waals surface area contributed by atoms with E-state index >= 15 is 0 Å². The van der Waals surface area contributed by atoms with Gasteiger partial charge in [-0.3, -0.25) is 19.7 Å². The predicted molar refractivity (Wildman–Crippen MR) is 97.8 cm³/mol. The molecule has 0 saturated carbocycles. The first-order valence-corrected chi connectivity index (χ1v) is 8.27. The summed E-state index contributed by atoms with van der Waals surface area (Å²) in [6, 6.07) is 10.8. The molecule has 0 spiro atoms. The lowest BCUT2D eigenvalue weighted by Gasteiger charge is -2.10. The molecule has 0 unspecified atom stereocenters. The van der Waals surface area contributed by atoms with Crippen molar-refractivity contribution >= 4 is 17.6 Å². The molecule has 2 aromatic rings. The molecule has 2 aromatic carbocycles. The van der Waals surface area contributed by atoms with E-state index in [9.17, 15) is 19.7 Å². The largest absolute Gasteiger partial charge is 0.484 e. The predicted octanol–water partition coefficient (Wildman–Crippen LogP) is 2.70. The number of carbonyl (C=O) groups excluding carboxylic acids is 2. The molecule has 0 saturated heterocycles. The number of hydrogen-bond donors (Lipinski definition) is 1. The Morgan fingerprint density at radius 2 is 1.81 bits per heavy atom. The van der Waals surface area contributed by atoms with Gasteiger partial charge in [0.05, 0.1) is 11.3 Å². The Hall–Kier alpha value is -3.42. The first-order valence-electron chi connectivity index (χ1n) is 8.27. The zero-order valence-electron chi connectivity index (χ0n) is 15.1. The lowest BCUT2D eigenvalue weighted by molar-refractivity contribution is -0.384. The van der Waals surface area contributed by atoms with Crippen LogP contribution < -0.4 is 14.8 Å². The number of hydrogen-bond acceptors (Lipinski definition) is 6. The van der Waals surface area contributed by atoms with Crippen molar-refractivity contribution in [2.45, 2.75) is 20.3 Å². The molecule has 0 bridgehead atoms. The van der Waals surface area contributed by atoms with Crippen molar-refractivity contribution in [3.63, 3.8) is 0 Å². The second kappa shape index (κ2) is 9.33. The summed E-state index contributed by atoms with van der Waals surface area (Å²) in [7, 11) is 0. The Kier molecular flexibility index (Phi) is 6.87. The normalized spacial score (nSPS) is 10.1. The minimum absolute atomic E-state index is 0.0354. The lowest BCUT2D eigenvalue weighted by atomic mass is 10.1. The van der Waals surface area contributed by atoms with Crippen LogP contribution in [0.1, 0.15) is 17.5 Å². The van der Waals surface area contributed by atoms with Crippen LogP contribution in [0.4, 0.5) is 5.69 Å². The third-order valence-electron chi connectivity index (χ3n) is 3.62. The van der Waals surface area contributed by atoms with Crippen molar-refractivity contribution in [1.82, 2.24) is 5.32 Å². The van der Waals surface area contributed by atoms with Gasteiger partial charge in [-0.05, 0) is 37.6 Å². The summed E-state index contributed by atoms with van der Waals surface area (Å²) in [4.78, 5) is 33.5. The molecule has 1 N–H and O–H groups in total. The monoisotopic (exact) mass is 372 g/mol. The second-order valence-electron chi connectivity index (χ2n) is 5.88. The van der Waals surface area contributed by atoms with Gasteiger partial charge >= 0.3 is 5.97 Å². The number of ether oxygens (including phenoxy) is 2. The highest BCUT2D eigenvalue weighted by atomic mass is 16.6. The van der Waals surface area contributed by atoms with Crippen LogP contribution in [0.5, 0.6) is 11.5 Å². The van der Waals surface area contributed by atoms with E-state index in [-0.39, 0.29) is 36.9 Å². The molecule has 0 aliphatic carbocycles. The number of nitrogens with one attached hydrogen (secondary N) is 1. The standard InChI is InChI=1S/C19H20N2O6/c1-13-3-8-17(14(2)11-13)26-12-18(22)20-10-9-19(23)27-16-6-4-15(5-7-16)21(24)25/h3-8,11H,9-10,12H2,1-2H3,(H,20,22). The maximum absolute atomic E-state index is 11.8. The first-order chi connectivity index (χ1) is 12.8. The molecule has 0 aliphatic heterocycles. The quantitative estimate of drug-likeness (QED) is 0.330. The van der Waals surface area contributed by atoms with Gasteiger partial charge in [0.15, 0.2) is 6.61 Å². The van der Waals surface area contributed by atoms with Crippen molar-refractivity contribution in [2.75, 3.05) is 13.2 Å². The van der Waals surface area contributed by atoms with Crippen molar-refractivity contribution in [3.8, 4) is 11.5 Å². The third kappa shape index (κ3) is 6.43. The summed E-state index contributed by atoms with van der Waals surface area (Å²) in [6.07, 6.45) is -0.0354. The van der Waals surface area contributed by atoms with E-state index in [2.05, 4.69) is 5.32 Å². The number of rotatable bonds is 8. The molecule has 0 aromatic heterocycles. The Balaban J connectivity index is 1.69. The molecule has 0 fully saturated rings. The zero-order valence-corrected chi connectivity index (χ0v) is 15.1. The average Bonchev–Trinajstić information content (AvgIpc) is 2.61. The summed E-state index contributed by atoms with van der Waals surface area (Å²) in [5, 5.41) is 13.1. The van der Waals surface area contributed by atoms with E-state index in [1.807, 2.05) is 26.0 Å². The zero-order chi connectivity index (χ0) is 19.8. The summed E-state index contributed by atoms with van der Waals surface area (Å²) in [5.41, 5.74) is 1.95. The van der Waals surface area contributed by atoms with Crippen LogP contribution in [0.25, 0.3) is 0 Å². The summed E-state index contributed by atoms with van der Waals surface area (Å²) in [5.74, 6) is -0.0685. The van der Waals surface area contributed by atoms with E-state index in [1.54, 1.807) is 6.07 Å². The fraction of sp³-hybridized carbons (Fsp3) is 0.263. The number of carbonyl (C=O) groups is 2. The van der Waals surface area contributed by atoms with Gasteiger partial charge in [-0.15, -0.1) is 0 Å². The number of nitro groups is 1. The number of benzene rings is 2. The van der Waals surface area contributed by atoms with Crippen LogP contribution >= 0.6 is 0 Å². The minimum atomic E-state index is -0.556. The van der Waals surface area contributed by atoms with Gasteiger partial charge in [-0.25, -0.2) is 0 Å². The molecule has 8 nitrogen and oxygen atoms in total. The molecular formula is C19H20N2O6. The van der Waals surface area contributed by atoms with Gasteiger partial charge in [0.1, 0.15) is 11.5 Å². The number of nitro benzene ring substituents is 1. The Morgan fingerprint density at radius 3 is 2.44 bits per heavy atom. The highest BCUT2D eigenvalue weighted by molar-refractivity contribution is 5.78. The van der Waals surface area contributed by atoms with Crippen molar-refractivity contribution in [3.05, 3.63) is 63.7 Å². The molecule has 8 heteroatoms. The maximum atomic E-state index is 11.8. The van der Waals surface area contributed by atoms with E-state index < -0.39 is 10.9 Å². The van der Waals surface area contributed by atoms with Gasteiger partial charge in [0.2, 0.25) is 0 Å². The van der Waals surface area contributed by atoms with Crippen LogP contribution in [0.2, 0.25) is 0 Å². The topological polar surface area (TPSA) is 108 Å². The molecule has 0 atom stereocenters. The molecule has 1 amide bonds. The lowest BCUT2D eigenvalue weighted by Crippen LogP contribution is -2.31. The van der Waals surface area contributed by atoms with Gasteiger partial charge in [0.25, 0.3) is 11.6 Å². The average molecular weight is 372 g/mol. The number of amides is 1. The van der Waals surface area contributed by atoms with Gasteiger partial charge < -0.3 is 14.8 Å². The Bertz CT molecular complexity index is 833. The third-order valence-corrected chi connectivity index (χ3v) is 3.62. The second-order valence-corrected chi connectivity index (χ2v) is 5.88. The maximum Gasteiger partial charge on any atom is 0.312 e. The molecule has 2 rings (SSSR count). The van der Waals surface area contributed by atoms with Crippen molar-refractivity contribution in [2.24, 2.45) is 0 Å². The number of esters is 1. The van der Waals surface area contributed by atoms with Gasteiger partial charge in [-0.1, -0.05) is 17.7 Å². The summed E-state index contributed by atoms with van der Waals surface area (Å²) in [6.45, 7) is 3.82. The summed E-state index contributed by atoms with van der Waals surface area (Å²) < 4.78 is 10.5. The van der Waals surface area contributed by atoms with Crippen molar-refractivity contribution < 1.29 is 24.0 Å². The fourth-order valence-electron chi connectivity index (χ4n) is 2.28. The van der Waals surface area contributed by atoms with Crippen LogP contribution in [0.3, 0.4) is 0 Å². The van der Waals surface area contributed by atoms with Gasteiger partial charge in [-0.2, -0.15) is 0 Å². The highest BCUT2D eigenvalue weighted by Crippen LogP contribution is 2.19. The SMILES string of the molecule is Cc1ccc(OCC(=O)NCCC(=O)Oc2ccc([N+](=O)[O-])cc2)c(C)c1. The van der Waals surface area contributed by atoms with Crippen LogP contribution in [-0.4, -0.2) is 30.0 Å². The van der Waals surface area contributed by atoms with E-state index in [0.717, 1.165) is 11.1 Å². The smallest absolute Gasteiger partial charge is 0.312 e. The molecule has 27 heavy (non-hydrogen) atoms. The highest BCUT2D eigenvalue weighted by Gasteiger charge is 2.10. The Labute approximate surface area is 156 Å². The number of aryl methyl sites for hydroxylation is 2. The first kappa shape index (κ1) is 19.9. The molecule has 142 valence electrons. The molecule has 0 radical (unpaired) electrons. The van der Waals surface area contributed by atoms with Gasteiger partial charge in [0, 0.05) is 18.7 Å². The van der Waals surface area contributed by atoms with E-state index in [1.165, 1.54) is 24.3 Å². The molecular weight excluding hydrogens is 352 g/mol. The molecule has 0 aliphatic rings. The van der Waals surface area contributed by atoms with E-state index in [0.29, 0.717) is 5.75 Å². The Morgan fingerprint density at radius 1 is 1.11 bits per heavy atom. The van der Waals surface area contributed by atoms with E-state index in [4.69, 9.17) is 9.47 Å². The molecule has 0 heterocycles. The van der Waals surface area contributed by atoms with Crippen LogP contribution in [-0.2, 0) is 9.59 Å². The summed E-state index contributed by atoms with van der Waals surface area (Å²) >= 11 is 0. The number of nitrogens with zero attached hydrogens (tertiary/aromatic N) is 1. The van der Waals surface area contributed by atoms with Crippen molar-refractivity contribution in [1.29, 1.82) is 0 Å². The fourth-order valence-corrected chi connectivity index (χ4v) is 2.28.